The van der Waals surface area contributed by atoms with Crippen LogP contribution in [0.4, 0.5) is 0 Å². The summed E-state index contributed by atoms with van der Waals surface area (Å²) in [6, 6.07) is 0. The van der Waals surface area contributed by atoms with Gasteiger partial charge in [0.25, 0.3) is 0 Å². The maximum Gasteiger partial charge on any atom is 0.312 e. The number of hydrogen-bond acceptors (Lipinski definition) is 4. The Hall–Kier alpha value is -1.10. The zero-order valence-corrected chi connectivity index (χ0v) is 7.45. The monoisotopic (exact) mass is 187 g/mol. The highest BCUT2D eigenvalue weighted by molar-refractivity contribution is 5.88. The first-order valence-electron chi connectivity index (χ1n) is 4.29. The Kier molecular flexibility index (Phi) is 3.25. The number of carbonyl (C=O) groups excluding carboxylic acids is 2. The summed E-state index contributed by atoms with van der Waals surface area (Å²) in [4.78, 5) is 22.1. The van der Waals surface area contributed by atoms with Gasteiger partial charge >= 0.3 is 5.97 Å². The van der Waals surface area contributed by atoms with Crippen molar-refractivity contribution in [2.24, 2.45) is 5.92 Å². The summed E-state index contributed by atoms with van der Waals surface area (Å²) in [5, 5.41) is 11.8. The number of aliphatic hydroxyl groups is 1. The summed E-state index contributed by atoms with van der Waals surface area (Å²) in [6.45, 7) is 2.37. The molecule has 2 N–H and O–H groups in total. The molecule has 0 saturated carbocycles. The fraction of sp³-hybridized carbons (Fsp3) is 0.750. The molecule has 1 aliphatic rings. The van der Waals surface area contributed by atoms with Crippen LogP contribution in [0.3, 0.4) is 0 Å². The molecular weight excluding hydrogens is 174 g/mol. The van der Waals surface area contributed by atoms with Crippen LogP contribution in [0.2, 0.25) is 0 Å². The molecule has 0 aromatic heterocycles. The summed E-state index contributed by atoms with van der Waals surface area (Å²) in [7, 11) is 0. The third kappa shape index (κ3) is 2.18. The van der Waals surface area contributed by atoms with Crippen LogP contribution >= 0.6 is 0 Å². The molecule has 1 fully saturated rings. The molecule has 0 bridgehead atoms. The molecule has 2 atom stereocenters. The van der Waals surface area contributed by atoms with Gasteiger partial charge in [-0.15, -0.1) is 0 Å². The van der Waals surface area contributed by atoms with Crippen molar-refractivity contribution in [2.45, 2.75) is 19.4 Å². The molecule has 1 rings (SSSR count). The molecule has 1 heterocycles. The molecule has 0 spiro atoms. The summed E-state index contributed by atoms with van der Waals surface area (Å²) in [6.07, 6.45) is -0.820. The van der Waals surface area contributed by atoms with Crippen molar-refractivity contribution in [2.75, 3.05) is 13.2 Å². The largest absolute Gasteiger partial charge is 0.466 e. The van der Waals surface area contributed by atoms with E-state index in [1.165, 1.54) is 0 Å². The van der Waals surface area contributed by atoms with Gasteiger partial charge in [0.15, 0.2) is 0 Å². The van der Waals surface area contributed by atoms with Crippen molar-refractivity contribution in [1.29, 1.82) is 0 Å². The minimum atomic E-state index is -1.26. The van der Waals surface area contributed by atoms with Crippen molar-refractivity contribution < 1.29 is 19.4 Å². The first kappa shape index (κ1) is 9.98. The highest BCUT2D eigenvalue weighted by Gasteiger charge is 2.36. The normalized spacial score (nSPS) is 28.0. The Morgan fingerprint density at radius 1 is 1.77 bits per heavy atom. The van der Waals surface area contributed by atoms with Gasteiger partial charge in [-0.25, -0.2) is 0 Å². The van der Waals surface area contributed by atoms with E-state index in [1.54, 1.807) is 6.92 Å². The minimum absolute atomic E-state index is 0.268. The standard InChI is InChI=1S/C8H13NO4/c1-2-13-8(12)5-3-4-9-7(11)6(5)10/h5-6,10H,2-4H2,1H3,(H,9,11)/t5-,6-/m1/s1. The Morgan fingerprint density at radius 2 is 2.46 bits per heavy atom. The van der Waals surface area contributed by atoms with Gasteiger partial charge in [-0.2, -0.15) is 0 Å². The van der Waals surface area contributed by atoms with E-state index in [4.69, 9.17) is 4.74 Å². The van der Waals surface area contributed by atoms with E-state index in [9.17, 15) is 14.7 Å². The second kappa shape index (κ2) is 4.23. The number of rotatable bonds is 2. The van der Waals surface area contributed by atoms with Gasteiger partial charge in [-0.3, -0.25) is 9.59 Å². The summed E-state index contributed by atoms with van der Waals surface area (Å²) < 4.78 is 4.72. The second-order valence-corrected chi connectivity index (χ2v) is 2.88. The number of carbonyl (C=O) groups is 2. The van der Waals surface area contributed by atoms with Crippen LogP contribution in [0.15, 0.2) is 0 Å². The zero-order valence-electron chi connectivity index (χ0n) is 7.45. The molecule has 0 radical (unpaired) electrons. The first-order chi connectivity index (χ1) is 6.16. The predicted molar refractivity (Wildman–Crippen MR) is 43.8 cm³/mol. The first-order valence-corrected chi connectivity index (χ1v) is 4.29. The Balaban J connectivity index is 2.57. The molecule has 74 valence electrons. The number of piperidine rings is 1. The van der Waals surface area contributed by atoms with Crippen LogP contribution in [0.1, 0.15) is 13.3 Å². The maximum absolute atomic E-state index is 11.2. The van der Waals surface area contributed by atoms with Gasteiger partial charge in [0.05, 0.1) is 12.5 Å². The lowest BCUT2D eigenvalue weighted by atomic mass is 9.95. The van der Waals surface area contributed by atoms with Crippen LogP contribution < -0.4 is 5.32 Å². The zero-order chi connectivity index (χ0) is 9.84. The summed E-state index contributed by atoms with van der Waals surface area (Å²) in [5.74, 6) is -1.69. The molecule has 5 heteroatoms. The fourth-order valence-corrected chi connectivity index (χ4v) is 1.29. The van der Waals surface area contributed by atoms with Crippen molar-refractivity contribution in [1.82, 2.24) is 5.32 Å². The molecule has 0 aromatic carbocycles. The van der Waals surface area contributed by atoms with Gasteiger partial charge in [0.2, 0.25) is 5.91 Å². The van der Waals surface area contributed by atoms with E-state index in [-0.39, 0.29) is 6.61 Å². The molecule has 0 unspecified atom stereocenters. The van der Waals surface area contributed by atoms with Crippen LogP contribution in [0.5, 0.6) is 0 Å². The number of esters is 1. The van der Waals surface area contributed by atoms with Crippen molar-refractivity contribution >= 4 is 11.9 Å². The number of hydrogen-bond donors (Lipinski definition) is 2. The molecule has 5 nitrogen and oxygen atoms in total. The van der Waals surface area contributed by atoms with E-state index < -0.39 is 23.9 Å². The number of aliphatic hydroxyl groups excluding tert-OH is 1. The molecule has 0 aliphatic carbocycles. The molecule has 1 aliphatic heterocycles. The van der Waals surface area contributed by atoms with E-state index in [0.29, 0.717) is 13.0 Å². The van der Waals surface area contributed by atoms with Crippen LogP contribution in [-0.4, -0.2) is 36.2 Å². The number of nitrogens with one attached hydrogen (secondary N) is 1. The van der Waals surface area contributed by atoms with Crippen LogP contribution in [0.25, 0.3) is 0 Å². The third-order valence-electron chi connectivity index (χ3n) is 1.99. The SMILES string of the molecule is CCOC(=O)[C@@H]1CCNC(=O)[C@@H]1O. The van der Waals surface area contributed by atoms with Crippen molar-refractivity contribution in [3.8, 4) is 0 Å². The molecular formula is C8H13NO4. The Bertz CT molecular complexity index is 216. The fourth-order valence-electron chi connectivity index (χ4n) is 1.29. The summed E-state index contributed by atoms with van der Waals surface area (Å²) >= 11 is 0. The van der Waals surface area contributed by atoms with E-state index >= 15 is 0 Å². The van der Waals surface area contributed by atoms with Crippen molar-refractivity contribution in [3.05, 3.63) is 0 Å². The molecule has 1 saturated heterocycles. The summed E-state index contributed by atoms with van der Waals surface area (Å²) in [5.41, 5.74) is 0. The second-order valence-electron chi connectivity index (χ2n) is 2.88. The van der Waals surface area contributed by atoms with Gasteiger partial charge < -0.3 is 15.2 Å². The molecule has 0 aromatic rings. The average Bonchev–Trinajstić information content (AvgIpc) is 2.10. The predicted octanol–water partition coefficient (Wildman–Crippen LogP) is -0.953. The molecule has 13 heavy (non-hydrogen) atoms. The maximum atomic E-state index is 11.2. The average molecular weight is 187 g/mol. The van der Waals surface area contributed by atoms with Gasteiger partial charge in [0, 0.05) is 6.54 Å². The lowest BCUT2D eigenvalue weighted by Gasteiger charge is -2.25. The van der Waals surface area contributed by atoms with Crippen molar-refractivity contribution in [3.63, 3.8) is 0 Å². The Labute approximate surface area is 76.1 Å². The third-order valence-corrected chi connectivity index (χ3v) is 1.99. The quantitative estimate of drug-likeness (QED) is 0.546. The minimum Gasteiger partial charge on any atom is -0.466 e. The number of ether oxygens (including phenoxy) is 1. The highest BCUT2D eigenvalue weighted by Crippen LogP contribution is 2.14. The van der Waals surface area contributed by atoms with Gasteiger partial charge in [-0.1, -0.05) is 0 Å². The highest BCUT2D eigenvalue weighted by atomic mass is 16.5. The van der Waals surface area contributed by atoms with E-state index in [1.807, 2.05) is 0 Å². The topological polar surface area (TPSA) is 75.6 Å². The van der Waals surface area contributed by atoms with E-state index in [2.05, 4.69) is 5.32 Å². The number of amides is 1. The van der Waals surface area contributed by atoms with E-state index in [0.717, 1.165) is 0 Å². The lowest BCUT2D eigenvalue weighted by Crippen LogP contribution is -2.49. The van der Waals surface area contributed by atoms with Crippen LogP contribution in [-0.2, 0) is 14.3 Å². The van der Waals surface area contributed by atoms with Crippen LogP contribution in [0, 0.1) is 5.92 Å². The smallest absolute Gasteiger partial charge is 0.312 e. The lowest BCUT2D eigenvalue weighted by molar-refractivity contribution is -0.158. The van der Waals surface area contributed by atoms with Gasteiger partial charge in [0.1, 0.15) is 6.10 Å². The molecule has 1 amide bonds. The van der Waals surface area contributed by atoms with Gasteiger partial charge in [-0.05, 0) is 13.3 Å². The Morgan fingerprint density at radius 3 is 3.08 bits per heavy atom.